The van der Waals surface area contributed by atoms with Crippen LogP contribution >= 0.6 is 11.8 Å². The van der Waals surface area contributed by atoms with Gasteiger partial charge in [0.15, 0.2) is 0 Å². The summed E-state index contributed by atoms with van der Waals surface area (Å²) in [4.78, 5) is 36.3. The van der Waals surface area contributed by atoms with Crippen LogP contribution in [-0.4, -0.2) is 40.9 Å². The van der Waals surface area contributed by atoms with E-state index in [1.165, 1.54) is 0 Å². The van der Waals surface area contributed by atoms with Gasteiger partial charge >= 0.3 is 5.97 Å². The van der Waals surface area contributed by atoms with Crippen molar-refractivity contribution in [3.63, 3.8) is 0 Å². The van der Waals surface area contributed by atoms with E-state index in [-0.39, 0.29) is 17.0 Å². The third-order valence-corrected chi connectivity index (χ3v) is 4.20. The average Bonchev–Trinajstić information content (AvgIpc) is 2.57. The van der Waals surface area contributed by atoms with Gasteiger partial charge in [-0.3, -0.25) is 9.59 Å². The molecule has 0 fully saturated rings. The maximum Gasteiger partial charge on any atom is 0.329 e. The Morgan fingerprint density at radius 2 is 1.83 bits per heavy atom. The fourth-order valence-corrected chi connectivity index (χ4v) is 2.68. The molecule has 0 heterocycles. The summed E-state index contributed by atoms with van der Waals surface area (Å²) in [6.07, 6.45) is 0.204. The van der Waals surface area contributed by atoms with Crippen molar-refractivity contribution in [3.05, 3.63) is 35.9 Å². The minimum absolute atomic E-state index is 0.0800. The molecule has 0 spiro atoms. The van der Waals surface area contributed by atoms with E-state index in [1.807, 2.05) is 6.92 Å². The molecule has 3 N–H and O–H groups in total. The Hall–Kier alpha value is -1.86. The molecule has 0 unspecified atom stereocenters. The molecule has 0 radical (unpaired) electrons. The van der Waals surface area contributed by atoms with E-state index < -0.39 is 24.0 Å². The molecule has 1 aromatic carbocycles. The second-order valence-electron chi connectivity index (χ2n) is 5.52. The van der Waals surface area contributed by atoms with E-state index in [1.54, 1.807) is 44.2 Å². The largest absolute Gasteiger partial charge is 0.461 e. The van der Waals surface area contributed by atoms with E-state index in [0.29, 0.717) is 12.0 Å². The van der Waals surface area contributed by atoms with Crippen LogP contribution in [0.25, 0.3) is 0 Å². The molecule has 132 valence electrons. The molecule has 0 aromatic heterocycles. The zero-order chi connectivity index (χ0) is 18.1. The molecule has 6 nitrogen and oxygen atoms in total. The Morgan fingerprint density at radius 1 is 1.21 bits per heavy atom. The van der Waals surface area contributed by atoms with Gasteiger partial charge in [-0.1, -0.05) is 36.9 Å². The van der Waals surface area contributed by atoms with Gasteiger partial charge in [0.1, 0.15) is 6.04 Å². The summed E-state index contributed by atoms with van der Waals surface area (Å²) in [6.45, 7) is 5.25. The Morgan fingerprint density at radius 3 is 2.38 bits per heavy atom. The molecule has 1 aromatic rings. The van der Waals surface area contributed by atoms with E-state index in [2.05, 4.69) is 5.32 Å². The maximum atomic E-state index is 12.2. The van der Waals surface area contributed by atoms with Gasteiger partial charge < -0.3 is 15.8 Å². The van der Waals surface area contributed by atoms with E-state index in [0.717, 1.165) is 11.8 Å². The molecule has 2 atom stereocenters. The average molecular weight is 352 g/mol. The lowest BCUT2D eigenvalue weighted by atomic mass is 10.2. The van der Waals surface area contributed by atoms with Crippen LogP contribution in [0.3, 0.4) is 0 Å². The lowest BCUT2D eigenvalue weighted by molar-refractivity contribution is -0.149. The summed E-state index contributed by atoms with van der Waals surface area (Å²) in [7, 11) is 0. The van der Waals surface area contributed by atoms with Crippen LogP contribution in [0.2, 0.25) is 0 Å². The van der Waals surface area contributed by atoms with Crippen molar-refractivity contribution in [2.75, 3.05) is 5.75 Å². The van der Waals surface area contributed by atoms with Gasteiger partial charge in [0.05, 0.1) is 12.1 Å². The summed E-state index contributed by atoms with van der Waals surface area (Å²) >= 11 is 0.930. The number of hydrogen-bond donors (Lipinski definition) is 2. The van der Waals surface area contributed by atoms with Gasteiger partial charge in [0, 0.05) is 11.3 Å². The molecule has 24 heavy (non-hydrogen) atoms. The number of amides is 1. The Labute approximate surface area is 146 Å². The van der Waals surface area contributed by atoms with E-state index >= 15 is 0 Å². The lowest BCUT2D eigenvalue weighted by Gasteiger charge is -2.19. The van der Waals surface area contributed by atoms with E-state index in [4.69, 9.17) is 10.5 Å². The highest BCUT2D eigenvalue weighted by molar-refractivity contribution is 8.13. The second kappa shape index (κ2) is 10.1. The number of benzene rings is 1. The van der Waals surface area contributed by atoms with Crippen LogP contribution in [-0.2, 0) is 14.3 Å². The maximum absolute atomic E-state index is 12.2. The number of rotatable bonds is 8. The SMILES string of the molecule is CC[C@H](N)C(=O)SC[C@H](NC(=O)c1ccccc1)C(=O)OC(C)C. The van der Waals surface area contributed by atoms with Crippen molar-refractivity contribution in [2.24, 2.45) is 5.73 Å². The number of carbonyl (C=O) groups excluding carboxylic acids is 3. The fourth-order valence-electron chi connectivity index (χ4n) is 1.75. The highest BCUT2D eigenvalue weighted by Crippen LogP contribution is 2.11. The first-order valence-corrected chi connectivity index (χ1v) is 8.82. The normalized spacial score (nSPS) is 13.2. The number of nitrogens with one attached hydrogen (secondary N) is 1. The lowest BCUT2D eigenvalue weighted by Crippen LogP contribution is -2.45. The number of hydrogen-bond acceptors (Lipinski definition) is 6. The van der Waals surface area contributed by atoms with Crippen LogP contribution in [0.15, 0.2) is 30.3 Å². The smallest absolute Gasteiger partial charge is 0.329 e. The summed E-state index contributed by atoms with van der Waals surface area (Å²) in [5.74, 6) is -0.884. The predicted octanol–water partition coefficient (Wildman–Crippen LogP) is 1.73. The molecule has 0 aliphatic rings. The number of ether oxygens (including phenoxy) is 1. The highest BCUT2D eigenvalue weighted by Gasteiger charge is 2.26. The molecule has 0 aliphatic carbocycles. The minimum atomic E-state index is -0.918. The summed E-state index contributed by atoms with van der Waals surface area (Å²) < 4.78 is 5.16. The van der Waals surface area contributed by atoms with Crippen molar-refractivity contribution in [2.45, 2.75) is 45.4 Å². The monoisotopic (exact) mass is 352 g/mol. The summed E-state index contributed by atoms with van der Waals surface area (Å²) in [5, 5.41) is 2.41. The molecule has 0 saturated heterocycles. The summed E-state index contributed by atoms with van der Waals surface area (Å²) in [6, 6.07) is 7.04. The first-order valence-electron chi connectivity index (χ1n) is 7.83. The Balaban J connectivity index is 2.76. The standard InChI is InChI=1S/C17H24N2O4S/c1-4-13(18)17(22)24-10-14(16(21)23-11(2)3)19-15(20)12-8-6-5-7-9-12/h5-9,11,13-14H,4,10,18H2,1-3H3,(H,19,20)/t13-,14-/m0/s1. The van der Waals surface area contributed by atoms with Crippen molar-refractivity contribution >= 4 is 28.8 Å². The van der Waals surface area contributed by atoms with Crippen molar-refractivity contribution in [3.8, 4) is 0 Å². The van der Waals surface area contributed by atoms with Gasteiger partial charge in [-0.05, 0) is 32.4 Å². The number of esters is 1. The van der Waals surface area contributed by atoms with Crippen molar-refractivity contribution in [1.82, 2.24) is 5.32 Å². The van der Waals surface area contributed by atoms with Gasteiger partial charge in [-0.25, -0.2) is 4.79 Å². The Bertz CT molecular complexity index is 563. The van der Waals surface area contributed by atoms with Gasteiger partial charge in [0.2, 0.25) is 5.12 Å². The molecule has 7 heteroatoms. The predicted molar refractivity (Wildman–Crippen MR) is 94.7 cm³/mol. The van der Waals surface area contributed by atoms with Crippen LogP contribution in [0.1, 0.15) is 37.6 Å². The van der Waals surface area contributed by atoms with Crippen molar-refractivity contribution < 1.29 is 19.1 Å². The number of thioether (sulfide) groups is 1. The van der Waals surface area contributed by atoms with E-state index in [9.17, 15) is 14.4 Å². The third-order valence-electron chi connectivity index (χ3n) is 3.11. The molecule has 1 rings (SSSR count). The quantitative estimate of drug-likeness (QED) is 0.692. The molecule has 0 saturated carbocycles. The number of nitrogens with two attached hydrogens (primary N) is 1. The van der Waals surface area contributed by atoms with Crippen LogP contribution in [0, 0.1) is 0 Å². The van der Waals surface area contributed by atoms with Gasteiger partial charge in [0.25, 0.3) is 5.91 Å². The molecule has 0 aliphatic heterocycles. The van der Waals surface area contributed by atoms with Crippen LogP contribution in [0.4, 0.5) is 0 Å². The van der Waals surface area contributed by atoms with Crippen molar-refractivity contribution in [1.29, 1.82) is 0 Å². The van der Waals surface area contributed by atoms with Gasteiger partial charge in [-0.15, -0.1) is 0 Å². The fraction of sp³-hybridized carbons (Fsp3) is 0.471. The zero-order valence-corrected chi connectivity index (χ0v) is 15.0. The first kappa shape index (κ1) is 20.2. The zero-order valence-electron chi connectivity index (χ0n) is 14.2. The van der Waals surface area contributed by atoms with Crippen LogP contribution < -0.4 is 11.1 Å². The minimum Gasteiger partial charge on any atom is -0.461 e. The second-order valence-corrected chi connectivity index (χ2v) is 6.55. The highest BCUT2D eigenvalue weighted by atomic mass is 32.2. The molecule has 1 amide bonds. The third kappa shape index (κ3) is 6.72. The summed E-state index contributed by atoms with van der Waals surface area (Å²) in [5.41, 5.74) is 6.11. The first-order chi connectivity index (χ1) is 11.3. The van der Waals surface area contributed by atoms with Gasteiger partial charge in [-0.2, -0.15) is 0 Å². The van der Waals surface area contributed by atoms with Crippen LogP contribution in [0.5, 0.6) is 0 Å². The topological polar surface area (TPSA) is 98.5 Å². The molecular formula is C17H24N2O4S. The Kier molecular flexibility index (Phi) is 8.49. The molecular weight excluding hydrogens is 328 g/mol. The number of carbonyl (C=O) groups is 3. The molecule has 0 bridgehead atoms.